The zero-order valence-electron chi connectivity index (χ0n) is 14.5. The molecule has 4 amide bonds. The van der Waals surface area contributed by atoms with E-state index in [1.54, 1.807) is 18.2 Å². The van der Waals surface area contributed by atoms with Crippen molar-refractivity contribution in [2.45, 2.75) is 6.42 Å². The van der Waals surface area contributed by atoms with Crippen LogP contribution in [-0.4, -0.2) is 42.9 Å². The second-order valence-corrected chi connectivity index (χ2v) is 6.91. The summed E-state index contributed by atoms with van der Waals surface area (Å²) in [4.78, 5) is 38.5. The van der Waals surface area contributed by atoms with Crippen LogP contribution in [0.25, 0.3) is 0 Å². The van der Waals surface area contributed by atoms with Gasteiger partial charge in [0.05, 0.1) is 24.6 Å². The van der Waals surface area contributed by atoms with Crippen molar-refractivity contribution in [1.29, 1.82) is 0 Å². The molecule has 2 aliphatic carbocycles. The topological polar surface area (TPSA) is 87.7 Å². The molecule has 136 valence electrons. The Balaban J connectivity index is 1.31. The minimum atomic E-state index is -0.407. The van der Waals surface area contributed by atoms with Gasteiger partial charge >= 0.3 is 6.03 Å². The molecule has 0 unspecified atom stereocenters. The highest BCUT2D eigenvalue weighted by Crippen LogP contribution is 2.52. The van der Waals surface area contributed by atoms with E-state index in [-0.39, 0.29) is 48.6 Å². The van der Waals surface area contributed by atoms with Gasteiger partial charge in [-0.1, -0.05) is 24.3 Å². The largest absolute Gasteiger partial charge is 0.495 e. The fourth-order valence-electron chi connectivity index (χ4n) is 4.38. The van der Waals surface area contributed by atoms with Crippen LogP contribution in [0.3, 0.4) is 0 Å². The van der Waals surface area contributed by atoms with E-state index in [1.165, 1.54) is 12.0 Å². The van der Waals surface area contributed by atoms with E-state index in [1.807, 2.05) is 6.07 Å². The number of benzene rings is 1. The van der Waals surface area contributed by atoms with Crippen molar-refractivity contribution in [3.63, 3.8) is 0 Å². The van der Waals surface area contributed by atoms with E-state index < -0.39 is 6.03 Å². The number of para-hydroxylation sites is 2. The second kappa shape index (κ2) is 6.48. The maximum atomic E-state index is 12.6. The van der Waals surface area contributed by atoms with E-state index in [9.17, 15) is 14.4 Å². The monoisotopic (exact) mass is 355 g/mol. The smallest absolute Gasteiger partial charge is 0.319 e. The van der Waals surface area contributed by atoms with Gasteiger partial charge < -0.3 is 15.4 Å². The number of methoxy groups -OCH3 is 1. The first-order chi connectivity index (χ1) is 12.6. The Morgan fingerprint density at radius 3 is 2.46 bits per heavy atom. The Kier molecular flexibility index (Phi) is 4.14. The van der Waals surface area contributed by atoms with Crippen molar-refractivity contribution < 1.29 is 19.1 Å². The van der Waals surface area contributed by atoms with Gasteiger partial charge in [-0.2, -0.15) is 0 Å². The van der Waals surface area contributed by atoms with Gasteiger partial charge in [-0.25, -0.2) is 4.79 Å². The van der Waals surface area contributed by atoms with Gasteiger partial charge in [-0.3, -0.25) is 14.5 Å². The zero-order chi connectivity index (χ0) is 18.3. The number of fused-ring (bicyclic) bond motifs is 5. The molecule has 1 aliphatic heterocycles. The summed E-state index contributed by atoms with van der Waals surface area (Å²) < 4.78 is 5.18. The molecule has 4 atom stereocenters. The van der Waals surface area contributed by atoms with Crippen molar-refractivity contribution in [1.82, 2.24) is 10.2 Å². The fourth-order valence-corrected chi connectivity index (χ4v) is 4.38. The lowest BCUT2D eigenvalue weighted by molar-refractivity contribution is -0.140. The van der Waals surface area contributed by atoms with E-state index >= 15 is 0 Å². The summed E-state index contributed by atoms with van der Waals surface area (Å²) in [7, 11) is 1.53. The molecule has 1 aromatic carbocycles. The van der Waals surface area contributed by atoms with E-state index in [2.05, 4.69) is 22.8 Å². The molecule has 1 heterocycles. The van der Waals surface area contributed by atoms with Crippen molar-refractivity contribution in [3.8, 4) is 5.75 Å². The molecule has 1 aromatic rings. The molecule has 2 bridgehead atoms. The van der Waals surface area contributed by atoms with E-state index in [0.29, 0.717) is 11.4 Å². The summed E-state index contributed by atoms with van der Waals surface area (Å²) in [5.41, 5.74) is 0.554. The Morgan fingerprint density at radius 1 is 1.15 bits per heavy atom. The maximum Gasteiger partial charge on any atom is 0.319 e. The molecule has 1 saturated carbocycles. The van der Waals surface area contributed by atoms with Gasteiger partial charge in [-0.05, 0) is 30.4 Å². The maximum absolute atomic E-state index is 12.6. The third-order valence-corrected chi connectivity index (χ3v) is 5.54. The van der Waals surface area contributed by atoms with Gasteiger partial charge in [0.1, 0.15) is 5.75 Å². The lowest BCUT2D eigenvalue weighted by Gasteiger charge is -2.17. The predicted octanol–water partition coefficient (Wildman–Crippen LogP) is 1.62. The fraction of sp³-hybridized carbons (Fsp3) is 0.421. The van der Waals surface area contributed by atoms with Crippen LogP contribution in [-0.2, 0) is 9.59 Å². The number of imide groups is 1. The number of allylic oxidation sites excluding steroid dienone is 2. The van der Waals surface area contributed by atoms with Crippen molar-refractivity contribution in [2.24, 2.45) is 23.7 Å². The molecule has 3 aliphatic rings. The van der Waals surface area contributed by atoms with Crippen LogP contribution in [0.5, 0.6) is 5.75 Å². The molecule has 26 heavy (non-hydrogen) atoms. The van der Waals surface area contributed by atoms with Gasteiger partial charge in [0, 0.05) is 13.1 Å². The number of urea groups is 1. The second-order valence-electron chi connectivity index (χ2n) is 6.91. The highest BCUT2D eigenvalue weighted by atomic mass is 16.5. The summed E-state index contributed by atoms with van der Waals surface area (Å²) >= 11 is 0. The number of carbonyl (C=O) groups is 3. The molecule has 1 saturated heterocycles. The van der Waals surface area contributed by atoms with Crippen molar-refractivity contribution in [2.75, 3.05) is 25.5 Å². The summed E-state index contributed by atoms with van der Waals surface area (Å²) in [5, 5.41) is 5.39. The number of amides is 4. The number of nitrogens with zero attached hydrogens (tertiary/aromatic N) is 1. The molecule has 4 rings (SSSR count). The van der Waals surface area contributed by atoms with Gasteiger partial charge in [0.2, 0.25) is 11.8 Å². The quantitative estimate of drug-likeness (QED) is 0.621. The first-order valence-corrected chi connectivity index (χ1v) is 8.81. The number of nitrogens with one attached hydrogen (secondary N) is 2. The Morgan fingerprint density at radius 2 is 1.81 bits per heavy atom. The van der Waals surface area contributed by atoms with Crippen LogP contribution in [0.2, 0.25) is 0 Å². The van der Waals surface area contributed by atoms with E-state index in [0.717, 1.165) is 6.42 Å². The Hall–Kier alpha value is -2.83. The van der Waals surface area contributed by atoms with Gasteiger partial charge in [0.25, 0.3) is 0 Å². The normalized spacial score (nSPS) is 28.4. The summed E-state index contributed by atoms with van der Waals surface area (Å²) in [6.45, 7) is 0.407. The number of rotatable bonds is 5. The highest BCUT2D eigenvalue weighted by molar-refractivity contribution is 6.06. The third kappa shape index (κ3) is 2.64. The number of likely N-dealkylation sites (tertiary alicyclic amines) is 1. The van der Waals surface area contributed by atoms with Gasteiger partial charge in [-0.15, -0.1) is 0 Å². The van der Waals surface area contributed by atoms with Crippen molar-refractivity contribution in [3.05, 3.63) is 36.4 Å². The molecular weight excluding hydrogens is 334 g/mol. The van der Waals surface area contributed by atoms with Crippen LogP contribution >= 0.6 is 0 Å². The SMILES string of the molecule is COc1ccccc1NC(=O)NCCN1C(=O)[C@@H]2[C@H](C1=O)[C@H]1C=C[C@H]2C1. The number of ether oxygens (including phenoxy) is 1. The van der Waals surface area contributed by atoms with Gasteiger partial charge in [0.15, 0.2) is 0 Å². The average Bonchev–Trinajstić information content (AvgIpc) is 3.31. The summed E-state index contributed by atoms with van der Waals surface area (Å²) in [6.07, 6.45) is 5.05. The lowest BCUT2D eigenvalue weighted by Crippen LogP contribution is -2.40. The molecule has 0 aromatic heterocycles. The van der Waals surface area contributed by atoms with Crippen molar-refractivity contribution >= 4 is 23.5 Å². The van der Waals surface area contributed by atoms with Crippen LogP contribution in [0.1, 0.15) is 6.42 Å². The van der Waals surface area contributed by atoms with Crippen LogP contribution in [0.15, 0.2) is 36.4 Å². The number of anilines is 1. The standard InChI is InChI=1S/C19H21N3O4/c1-26-14-5-3-2-4-13(14)21-19(25)20-8-9-22-17(23)15-11-6-7-12(10-11)16(15)18(22)24/h2-7,11-12,15-16H,8-10H2,1H3,(H2,20,21,25)/t11-,12-,15-,16+/m0/s1. The minimum Gasteiger partial charge on any atom is -0.495 e. The zero-order valence-corrected chi connectivity index (χ0v) is 14.5. The predicted molar refractivity (Wildman–Crippen MR) is 94.5 cm³/mol. The first-order valence-electron chi connectivity index (χ1n) is 8.81. The highest BCUT2D eigenvalue weighted by Gasteiger charge is 2.58. The lowest BCUT2D eigenvalue weighted by atomic mass is 9.85. The van der Waals surface area contributed by atoms with Crippen LogP contribution < -0.4 is 15.4 Å². The molecular formula is C19H21N3O4. The Labute approximate surface area is 151 Å². The Bertz CT molecular complexity index is 761. The third-order valence-electron chi connectivity index (χ3n) is 5.54. The van der Waals surface area contributed by atoms with Crippen LogP contribution in [0, 0.1) is 23.7 Å². The van der Waals surface area contributed by atoms with E-state index in [4.69, 9.17) is 4.74 Å². The molecule has 2 N–H and O–H groups in total. The molecule has 7 nitrogen and oxygen atoms in total. The first kappa shape index (κ1) is 16.6. The summed E-state index contributed by atoms with van der Waals surface area (Å²) in [6, 6.07) is 6.68. The average molecular weight is 355 g/mol. The number of hydrogen-bond acceptors (Lipinski definition) is 4. The molecule has 0 radical (unpaired) electrons. The number of hydrogen-bond donors (Lipinski definition) is 2. The molecule has 0 spiro atoms. The number of carbonyl (C=O) groups excluding carboxylic acids is 3. The molecule has 7 heteroatoms. The molecule has 2 fully saturated rings. The van der Waals surface area contributed by atoms with Crippen LogP contribution in [0.4, 0.5) is 10.5 Å². The summed E-state index contributed by atoms with van der Waals surface area (Å²) in [5.74, 6) is 0.386. The minimum absolute atomic E-state index is 0.0937.